The Balaban J connectivity index is 1.98. The summed E-state index contributed by atoms with van der Waals surface area (Å²) < 4.78 is 5.57. The number of benzene rings is 2. The fourth-order valence-corrected chi connectivity index (χ4v) is 2.58. The van der Waals surface area contributed by atoms with Gasteiger partial charge in [0, 0.05) is 24.0 Å². The van der Waals surface area contributed by atoms with Gasteiger partial charge in [0.05, 0.1) is 12.3 Å². The van der Waals surface area contributed by atoms with Crippen LogP contribution in [0.25, 0.3) is 0 Å². The normalized spacial score (nSPS) is 13.4. The highest BCUT2D eigenvalue weighted by Crippen LogP contribution is 2.37. The summed E-state index contributed by atoms with van der Waals surface area (Å²) in [6, 6.07) is 14.5. The summed E-state index contributed by atoms with van der Waals surface area (Å²) in [6.07, 6.45) is 1.09. The van der Waals surface area contributed by atoms with E-state index in [-0.39, 0.29) is 0 Å². The summed E-state index contributed by atoms with van der Waals surface area (Å²) in [5.74, 6) is 0.768. The first kappa shape index (κ1) is 11.9. The molecule has 3 heteroatoms. The lowest BCUT2D eigenvalue weighted by molar-refractivity contribution is 0.342. The number of hydrogen-bond acceptors (Lipinski definition) is 3. The molecule has 0 unspecified atom stereocenters. The van der Waals surface area contributed by atoms with Gasteiger partial charge in [-0.1, -0.05) is 18.2 Å². The monoisotopic (exact) mass is 254 g/mol. The molecule has 0 aliphatic carbocycles. The van der Waals surface area contributed by atoms with Crippen LogP contribution in [-0.2, 0) is 6.42 Å². The van der Waals surface area contributed by atoms with Crippen molar-refractivity contribution >= 4 is 17.1 Å². The molecule has 0 atom stereocenters. The van der Waals surface area contributed by atoms with Crippen LogP contribution < -0.4 is 15.4 Å². The van der Waals surface area contributed by atoms with Crippen LogP contribution in [-0.4, -0.2) is 13.2 Å². The molecule has 2 N–H and O–H groups in total. The second-order valence-electron chi connectivity index (χ2n) is 4.69. The second kappa shape index (κ2) is 4.84. The van der Waals surface area contributed by atoms with Crippen molar-refractivity contribution in [1.29, 1.82) is 0 Å². The highest BCUT2D eigenvalue weighted by Gasteiger charge is 2.20. The van der Waals surface area contributed by atoms with E-state index in [9.17, 15) is 0 Å². The number of hydrogen-bond donors (Lipinski definition) is 1. The lowest BCUT2D eigenvalue weighted by atomic mass is 10.2. The first-order valence-electron chi connectivity index (χ1n) is 6.67. The van der Waals surface area contributed by atoms with Gasteiger partial charge in [-0.2, -0.15) is 0 Å². The molecular weight excluding hydrogens is 236 g/mol. The molecule has 0 aromatic heterocycles. The molecule has 19 heavy (non-hydrogen) atoms. The lowest BCUT2D eigenvalue weighted by Crippen LogP contribution is -2.13. The zero-order chi connectivity index (χ0) is 13.2. The highest BCUT2D eigenvalue weighted by atomic mass is 16.5. The van der Waals surface area contributed by atoms with Crippen LogP contribution in [0, 0.1) is 0 Å². The fraction of sp³-hybridized carbons (Fsp3) is 0.250. The number of rotatable bonds is 3. The third-order valence-corrected chi connectivity index (χ3v) is 3.50. The van der Waals surface area contributed by atoms with Crippen molar-refractivity contribution in [2.24, 2.45) is 0 Å². The number of para-hydroxylation sites is 1. The van der Waals surface area contributed by atoms with Crippen molar-refractivity contribution in [1.82, 2.24) is 0 Å². The largest absolute Gasteiger partial charge is 0.492 e. The van der Waals surface area contributed by atoms with E-state index in [0.29, 0.717) is 12.3 Å². The van der Waals surface area contributed by atoms with Crippen LogP contribution in [0.4, 0.5) is 17.1 Å². The molecule has 98 valence electrons. The molecule has 0 spiro atoms. The van der Waals surface area contributed by atoms with E-state index in [2.05, 4.69) is 35.2 Å². The molecular formula is C16H18N2O. The van der Waals surface area contributed by atoms with Gasteiger partial charge in [0.25, 0.3) is 0 Å². The molecule has 1 aliphatic rings. The molecule has 2 aromatic rings. The van der Waals surface area contributed by atoms with Crippen LogP contribution in [0.2, 0.25) is 0 Å². The van der Waals surface area contributed by atoms with Crippen molar-refractivity contribution in [3.63, 3.8) is 0 Å². The number of nitrogens with two attached hydrogens (primary N) is 1. The van der Waals surface area contributed by atoms with E-state index in [1.165, 1.54) is 11.3 Å². The average Bonchev–Trinajstić information content (AvgIpc) is 2.85. The minimum Gasteiger partial charge on any atom is -0.492 e. The van der Waals surface area contributed by atoms with Crippen LogP contribution in [0.3, 0.4) is 0 Å². The van der Waals surface area contributed by atoms with Gasteiger partial charge in [-0.15, -0.1) is 0 Å². The van der Waals surface area contributed by atoms with Gasteiger partial charge in [-0.25, -0.2) is 0 Å². The maximum absolute atomic E-state index is 5.93. The molecule has 0 bridgehead atoms. The molecule has 0 fully saturated rings. The van der Waals surface area contributed by atoms with Crippen LogP contribution in [0.5, 0.6) is 5.75 Å². The predicted octanol–water partition coefficient (Wildman–Crippen LogP) is 3.36. The Morgan fingerprint density at radius 1 is 1.21 bits per heavy atom. The zero-order valence-electron chi connectivity index (χ0n) is 11.1. The van der Waals surface area contributed by atoms with Gasteiger partial charge < -0.3 is 15.4 Å². The molecule has 3 nitrogen and oxygen atoms in total. The Bertz CT molecular complexity index is 595. The van der Waals surface area contributed by atoms with E-state index in [4.69, 9.17) is 10.5 Å². The number of fused-ring (bicyclic) bond motifs is 1. The quantitative estimate of drug-likeness (QED) is 0.853. The average molecular weight is 254 g/mol. The lowest BCUT2D eigenvalue weighted by Gasteiger charge is -2.21. The van der Waals surface area contributed by atoms with Crippen molar-refractivity contribution in [2.45, 2.75) is 13.3 Å². The SMILES string of the molecule is CCOc1cc(N2CCc3ccccc32)ccc1N. The van der Waals surface area contributed by atoms with Gasteiger partial charge in [0.2, 0.25) is 0 Å². The van der Waals surface area contributed by atoms with Crippen LogP contribution in [0.1, 0.15) is 12.5 Å². The zero-order valence-corrected chi connectivity index (χ0v) is 11.1. The van der Waals surface area contributed by atoms with Crippen LogP contribution in [0.15, 0.2) is 42.5 Å². The molecule has 3 rings (SSSR count). The topological polar surface area (TPSA) is 38.5 Å². The summed E-state index contributed by atoms with van der Waals surface area (Å²) in [5.41, 5.74) is 10.4. The van der Waals surface area contributed by atoms with Crippen molar-refractivity contribution in [3.8, 4) is 5.75 Å². The maximum atomic E-state index is 5.93. The number of anilines is 3. The van der Waals surface area contributed by atoms with Gasteiger partial charge in [-0.3, -0.25) is 0 Å². The summed E-state index contributed by atoms with van der Waals surface area (Å²) in [4.78, 5) is 2.32. The summed E-state index contributed by atoms with van der Waals surface area (Å²) >= 11 is 0. The van der Waals surface area contributed by atoms with Crippen molar-refractivity contribution in [3.05, 3.63) is 48.0 Å². The second-order valence-corrected chi connectivity index (χ2v) is 4.69. The third-order valence-electron chi connectivity index (χ3n) is 3.50. The van der Waals surface area contributed by atoms with E-state index in [0.717, 1.165) is 24.4 Å². The molecule has 1 heterocycles. The maximum Gasteiger partial charge on any atom is 0.144 e. The molecule has 0 radical (unpaired) electrons. The van der Waals surface area contributed by atoms with Gasteiger partial charge in [0.15, 0.2) is 0 Å². The van der Waals surface area contributed by atoms with Crippen LogP contribution >= 0.6 is 0 Å². The third kappa shape index (κ3) is 2.12. The van der Waals surface area contributed by atoms with Gasteiger partial charge >= 0.3 is 0 Å². The minimum atomic E-state index is 0.629. The standard InChI is InChI=1S/C16H18N2O/c1-2-19-16-11-13(7-8-14(16)17)18-10-9-12-5-3-4-6-15(12)18/h3-8,11H,2,9-10,17H2,1H3. The predicted molar refractivity (Wildman–Crippen MR) is 79.2 cm³/mol. The molecule has 0 saturated carbocycles. The summed E-state index contributed by atoms with van der Waals surface area (Å²) in [5, 5.41) is 0. The first-order chi connectivity index (χ1) is 9.29. The Morgan fingerprint density at radius 2 is 2.05 bits per heavy atom. The minimum absolute atomic E-state index is 0.629. The Morgan fingerprint density at radius 3 is 2.89 bits per heavy atom. The summed E-state index contributed by atoms with van der Waals surface area (Å²) in [7, 11) is 0. The molecule has 1 aliphatic heterocycles. The number of nitrogen functional groups attached to an aromatic ring is 1. The Labute approximate surface area is 113 Å². The fourth-order valence-electron chi connectivity index (χ4n) is 2.58. The highest BCUT2D eigenvalue weighted by molar-refractivity contribution is 5.73. The smallest absolute Gasteiger partial charge is 0.144 e. The number of nitrogens with zero attached hydrogens (tertiary/aromatic N) is 1. The van der Waals surface area contributed by atoms with E-state index in [1.807, 2.05) is 19.1 Å². The number of ether oxygens (including phenoxy) is 1. The Kier molecular flexibility index (Phi) is 3.03. The molecule has 2 aromatic carbocycles. The first-order valence-corrected chi connectivity index (χ1v) is 6.67. The molecule has 0 amide bonds. The van der Waals surface area contributed by atoms with E-state index in [1.54, 1.807) is 0 Å². The van der Waals surface area contributed by atoms with Gasteiger partial charge in [-0.05, 0) is 37.1 Å². The van der Waals surface area contributed by atoms with Gasteiger partial charge in [0.1, 0.15) is 5.75 Å². The van der Waals surface area contributed by atoms with E-state index < -0.39 is 0 Å². The van der Waals surface area contributed by atoms with E-state index >= 15 is 0 Å². The molecule has 0 saturated heterocycles. The van der Waals surface area contributed by atoms with Crippen molar-refractivity contribution < 1.29 is 4.74 Å². The summed E-state index contributed by atoms with van der Waals surface area (Å²) in [6.45, 7) is 3.61. The van der Waals surface area contributed by atoms with Crippen molar-refractivity contribution in [2.75, 3.05) is 23.8 Å². The Hall–Kier alpha value is -2.16.